The molecule has 0 aliphatic heterocycles. The Morgan fingerprint density at radius 3 is 2.67 bits per heavy atom. The van der Waals surface area contributed by atoms with Gasteiger partial charge in [-0.1, -0.05) is 28.5 Å². The molecule has 1 heterocycles. The van der Waals surface area contributed by atoms with Crippen LogP contribution in [0.3, 0.4) is 0 Å². The molecule has 126 valence electrons. The molecule has 1 aliphatic rings. The maximum atomic E-state index is 11.2. The molecule has 0 atom stereocenters. The second kappa shape index (κ2) is 6.91. The minimum atomic E-state index is -0.882. The summed E-state index contributed by atoms with van der Waals surface area (Å²) < 4.78 is 1.82. The first-order valence-electron chi connectivity index (χ1n) is 7.59. The van der Waals surface area contributed by atoms with Crippen LogP contribution in [0, 0.1) is 6.92 Å². The van der Waals surface area contributed by atoms with Gasteiger partial charge >= 0.3 is 5.97 Å². The Bertz CT molecular complexity index is 812. The summed E-state index contributed by atoms with van der Waals surface area (Å²) in [5.41, 5.74) is 3.32. The van der Waals surface area contributed by atoms with Crippen molar-refractivity contribution in [3.05, 3.63) is 46.2 Å². The Hall–Kier alpha value is -1.92. The summed E-state index contributed by atoms with van der Waals surface area (Å²) >= 11 is 7.48. The molecule has 1 aromatic carbocycles. The summed E-state index contributed by atoms with van der Waals surface area (Å²) in [7, 11) is 0. The second-order valence-electron chi connectivity index (χ2n) is 5.67. The van der Waals surface area contributed by atoms with Crippen LogP contribution < -0.4 is 0 Å². The number of carboxylic acids is 1. The topological polar surface area (TPSA) is 74.8 Å². The van der Waals surface area contributed by atoms with Crippen molar-refractivity contribution in [2.45, 2.75) is 42.5 Å². The first-order chi connectivity index (χ1) is 11.5. The van der Waals surface area contributed by atoms with E-state index in [2.05, 4.69) is 5.16 Å². The van der Waals surface area contributed by atoms with Crippen LogP contribution in [0.5, 0.6) is 0 Å². The molecule has 0 spiro atoms. The summed E-state index contributed by atoms with van der Waals surface area (Å²) in [6.07, 6.45) is 2.32. The van der Waals surface area contributed by atoms with Gasteiger partial charge in [0.25, 0.3) is 0 Å². The lowest BCUT2D eigenvalue weighted by molar-refractivity contribution is -0.137. The van der Waals surface area contributed by atoms with E-state index < -0.39 is 5.97 Å². The molecule has 1 aromatic heterocycles. The highest BCUT2D eigenvalue weighted by Gasteiger charge is 2.28. The van der Waals surface area contributed by atoms with Crippen LogP contribution in [-0.2, 0) is 17.8 Å². The Morgan fingerprint density at radius 1 is 1.33 bits per heavy atom. The normalized spacial score (nSPS) is 15.5. The second-order valence-corrected chi connectivity index (χ2v) is 7.19. The van der Waals surface area contributed by atoms with Gasteiger partial charge in [0.05, 0.1) is 5.71 Å². The smallest absolute Gasteiger partial charge is 0.323 e. The molecule has 0 saturated carbocycles. The fourth-order valence-electron chi connectivity index (χ4n) is 3.07. The highest BCUT2D eigenvalue weighted by Crippen LogP contribution is 2.40. The van der Waals surface area contributed by atoms with Crippen molar-refractivity contribution in [1.29, 1.82) is 0 Å². The quantitative estimate of drug-likeness (QED) is 0.629. The number of rotatable bonds is 4. The summed E-state index contributed by atoms with van der Waals surface area (Å²) in [6.45, 7) is 1.82. The van der Waals surface area contributed by atoms with E-state index in [1.807, 2.05) is 35.8 Å². The van der Waals surface area contributed by atoms with Crippen LogP contribution in [0.25, 0.3) is 0 Å². The number of hydrogen-bond donors (Lipinski definition) is 2. The standard InChI is InChI=1S/C17H17ClN2O3S/c1-10-17(24-12-7-5-11(18)6-8-12)16-13(19-23)3-2-4-14(16)20(10)9-15(21)22/h5-8,23H,2-4,9H2,1H3,(H,21,22)/b19-13-. The van der Waals surface area contributed by atoms with Gasteiger partial charge in [0.15, 0.2) is 0 Å². The number of fused-ring (bicyclic) bond motifs is 1. The number of nitrogens with zero attached hydrogens (tertiary/aromatic N) is 2. The van der Waals surface area contributed by atoms with Crippen molar-refractivity contribution in [1.82, 2.24) is 4.57 Å². The molecule has 0 saturated heterocycles. The lowest BCUT2D eigenvalue weighted by Crippen LogP contribution is -2.17. The van der Waals surface area contributed by atoms with Crippen LogP contribution in [0.4, 0.5) is 0 Å². The third kappa shape index (κ3) is 3.16. The average Bonchev–Trinajstić information content (AvgIpc) is 2.82. The van der Waals surface area contributed by atoms with Crippen molar-refractivity contribution in [3.63, 3.8) is 0 Å². The van der Waals surface area contributed by atoms with Crippen molar-refractivity contribution in [2.24, 2.45) is 5.16 Å². The number of oxime groups is 1. The molecule has 2 N–H and O–H groups in total. The van der Waals surface area contributed by atoms with Crippen LogP contribution in [0.2, 0.25) is 5.02 Å². The Labute approximate surface area is 148 Å². The Kier molecular flexibility index (Phi) is 4.87. The largest absolute Gasteiger partial charge is 0.480 e. The third-order valence-corrected chi connectivity index (χ3v) is 5.60. The average molecular weight is 365 g/mol. The number of benzene rings is 1. The van der Waals surface area contributed by atoms with E-state index in [0.29, 0.717) is 17.2 Å². The van der Waals surface area contributed by atoms with Gasteiger partial charge in [-0.2, -0.15) is 0 Å². The van der Waals surface area contributed by atoms with E-state index in [-0.39, 0.29) is 6.54 Å². The molecule has 3 rings (SSSR count). The molecule has 0 amide bonds. The fourth-order valence-corrected chi connectivity index (χ4v) is 4.30. The molecule has 5 nitrogen and oxygen atoms in total. The number of aromatic nitrogens is 1. The molecular formula is C17H17ClN2O3S. The molecule has 24 heavy (non-hydrogen) atoms. The highest BCUT2D eigenvalue weighted by molar-refractivity contribution is 7.99. The summed E-state index contributed by atoms with van der Waals surface area (Å²) in [5.74, 6) is -0.882. The number of hydrogen-bond acceptors (Lipinski definition) is 4. The van der Waals surface area contributed by atoms with Gasteiger partial charge in [-0.05, 0) is 50.5 Å². The SMILES string of the molecule is Cc1c(Sc2ccc(Cl)cc2)c2c(n1CC(=O)O)CCC/C2=N/O. The highest BCUT2D eigenvalue weighted by atomic mass is 35.5. The summed E-state index contributed by atoms with van der Waals surface area (Å²) in [5, 5.41) is 22.7. The predicted octanol–water partition coefficient (Wildman–Crippen LogP) is 4.20. The van der Waals surface area contributed by atoms with Gasteiger partial charge in [0, 0.05) is 31.8 Å². The number of halogens is 1. The van der Waals surface area contributed by atoms with E-state index in [0.717, 1.165) is 39.6 Å². The zero-order chi connectivity index (χ0) is 17.3. The maximum absolute atomic E-state index is 11.2. The van der Waals surface area contributed by atoms with Crippen LogP contribution in [-0.4, -0.2) is 26.6 Å². The maximum Gasteiger partial charge on any atom is 0.323 e. The first-order valence-corrected chi connectivity index (χ1v) is 8.79. The molecule has 7 heteroatoms. The van der Waals surface area contributed by atoms with Crippen LogP contribution in [0.15, 0.2) is 39.2 Å². The van der Waals surface area contributed by atoms with Gasteiger partial charge < -0.3 is 14.9 Å². The van der Waals surface area contributed by atoms with Crippen LogP contribution >= 0.6 is 23.4 Å². The van der Waals surface area contributed by atoms with E-state index >= 15 is 0 Å². The number of aliphatic carboxylic acids is 1. The fraction of sp³-hybridized carbons (Fsp3) is 0.294. The van der Waals surface area contributed by atoms with E-state index in [1.54, 1.807) is 11.8 Å². The van der Waals surface area contributed by atoms with Crippen LogP contribution in [0.1, 0.15) is 29.8 Å². The van der Waals surface area contributed by atoms with E-state index in [9.17, 15) is 15.1 Å². The zero-order valence-corrected chi connectivity index (χ0v) is 14.7. The van der Waals surface area contributed by atoms with Gasteiger partial charge in [0.1, 0.15) is 6.54 Å². The van der Waals surface area contributed by atoms with E-state index in [4.69, 9.17) is 11.6 Å². The number of carboxylic acid groups (broad SMARTS) is 1. The van der Waals surface area contributed by atoms with Crippen molar-refractivity contribution >= 4 is 35.0 Å². The van der Waals surface area contributed by atoms with Gasteiger partial charge in [-0.15, -0.1) is 0 Å². The molecule has 0 radical (unpaired) electrons. The molecule has 2 aromatic rings. The van der Waals surface area contributed by atoms with Crippen molar-refractivity contribution in [3.8, 4) is 0 Å². The monoisotopic (exact) mass is 364 g/mol. The number of carbonyl (C=O) groups is 1. The molecule has 0 fully saturated rings. The predicted molar refractivity (Wildman–Crippen MR) is 93.6 cm³/mol. The van der Waals surface area contributed by atoms with E-state index in [1.165, 1.54) is 0 Å². The minimum absolute atomic E-state index is 0.0892. The van der Waals surface area contributed by atoms with Gasteiger partial charge in [-0.3, -0.25) is 4.79 Å². The lowest BCUT2D eigenvalue weighted by Gasteiger charge is -2.16. The van der Waals surface area contributed by atoms with Crippen molar-refractivity contribution < 1.29 is 15.1 Å². The Morgan fingerprint density at radius 2 is 2.04 bits per heavy atom. The third-order valence-electron chi connectivity index (χ3n) is 4.14. The summed E-state index contributed by atoms with van der Waals surface area (Å²) in [4.78, 5) is 13.2. The summed E-state index contributed by atoms with van der Waals surface area (Å²) in [6, 6.07) is 7.49. The lowest BCUT2D eigenvalue weighted by atomic mass is 9.96. The molecule has 0 bridgehead atoms. The minimum Gasteiger partial charge on any atom is -0.480 e. The first kappa shape index (κ1) is 16.9. The molecular weight excluding hydrogens is 348 g/mol. The Balaban J connectivity index is 2.11. The van der Waals surface area contributed by atoms with Gasteiger partial charge in [0.2, 0.25) is 0 Å². The molecule has 1 aliphatic carbocycles. The van der Waals surface area contributed by atoms with Gasteiger partial charge in [-0.25, -0.2) is 0 Å². The van der Waals surface area contributed by atoms with Crippen molar-refractivity contribution in [2.75, 3.05) is 0 Å². The zero-order valence-electron chi connectivity index (χ0n) is 13.1. The molecule has 0 unspecified atom stereocenters.